The van der Waals surface area contributed by atoms with Crippen LogP contribution in [0.25, 0.3) is 0 Å². The van der Waals surface area contributed by atoms with Gasteiger partial charge in [-0.05, 0) is 24.6 Å². The van der Waals surface area contributed by atoms with Crippen LogP contribution < -0.4 is 5.32 Å². The molecule has 2 aliphatic rings. The van der Waals surface area contributed by atoms with E-state index in [1.165, 1.54) is 4.90 Å². The number of morpholine rings is 1. The Morgan fingerprint density at radius 1 is 1.32 bits per heavy atom. The van der Waals surface area contributed by atoms with Crippen molar-refractivity contribution in [1.29, 1.82) is 0 Å². The van der Waals surface area contributed by atoms with Crippen LogP contribution in [0.15, 0.2) is 29.5 Å². The quantitative estimate of drug-likeness (QED) is 0.731. The Morgan fingerprint density at radius 2 is 2.04 bits per heavy atom. The summed E-state index contributed by atoms with van der Waals surface area (Å²) >= 11 is 12.4. The summed E-state index contributed by atoms with van der Waals surface area (Å²) in [7, 11) is 1.64. The number of nitrogens with one attached hydrogen (secondary N) is 1. The van der Waals surface area contributed by atoms with Crippen LogP contribution in [0.1, 0.15) is 18.5 Å². The van der Waals surface area contributed by atoms with Crippen molar-refractivity contribution in [2.75, 3.05) is 46.5 Å². The van der Waals surface area contributed by atoms with Crippen molar-refractivity contribution >= 4 is 35.2 Å². The number of carbonyl (C=O) groups excluding carboxylic acids is 2. The molecule has 1 unspecified atom stereocenters. The molecule has 9 heteroatoms. The van der Waals surface area contributed by atoms with Crippen molar-refractivity contribution in [3.8, 4) is 0 Å². The third-order valence-electron chi connectivity index (χ3n) is 4.82. The molecule has 0 aromatic heterocycles. The van der Waals surface area contributed by atoms with Crippen LogP contribution in [0.5, 0.6) is 0 Å². The molecule has 1 saturated heterocycles. The lowest BCUT2D eigenvalue weighted by Gasteiger charge is -2.37. The highest BCUT2D eigenvalue weighted by Crippen LogP contribution is 2.35. The fraction of sp³-hybridized carbons (Fsp3) is 0.474. The molecule has 7 nitrogen and oxygen atoms in total. The van der Waals surface area contributed by atoms with Gasteiger partial charge >= 0.3 is 12.0 Å². The molecule has 28 heavy (non-hydrogen) atoms. The van der Waals surface area contributed by atoms with E-state index < -0.39 is 12.0 Å². The molecule has 2 heterocycles. The fourth-order valence-corrected chi connectivity index (χ4v) is 3.86. The summed E-state index contributed by atoms with van der Waals surface area (Å²) in [4.78, 5) is 29.2. The van der Waals surface area contributed by atoms with E-state index in [9.17, 15) is 9.59 Å². The predicted molar refractivity (Wildman–Crippen MR) is 106 cm³/mol. The van der Waals surface area contributed by atoms with E-state index in [1.54, 1.807) is 32.2 Å². The molecule has 1 fully saturated rings. The van der Waals surface area contributed by atoms with Crippen molar-refractivity contribution in [2.24, 2.45) is 0 Å². The molecule has 0 saturated carbocycles. The number of carbonyl (C=O) groups is 2. The molecule has 0 bridgehead atoms. The number of hydrogen-bond acceptors (Lipinski definition) is 5. The van der Waals surface area contributed by atoms with Gasteiger partial charge in [-0.3, -0.25) is 9.80 Å². The van der Waals surface area contributed by atoms with Gasteiger partial charge in [0.2, 0.25) is 0 Å². The highest BCUT2D eigenvalue weighted by atomic mass is 35.5. The summed E-state index contributed by atoms with van der Waals surface area (Å²) in [6, 6.07) is 3.95. The van der Waals surface area contributed by atoms with Gasteiger partial charge in [0.25, 0.3) is 0 Å². The zero-order chi connectivity index (χ0) is 20.3. The number of esters is 1. The maximum Gasteiger partial charge on any atom is 0.338 e. The normalized spacial score (nSPS) is 20.9. The Morgan fingerprint density at radius 3 is 2.68 bits per heavy atom. The van der Waals surface area contributed by atoms with Crippen LogP contribution in [-0.2, 0) is 14.3 Å². The largest absolute Gasteiger partial charge is 0.463 e. The van der Waals surface area contributed by atoms with Crippen molar-refractivity contribution in [1.82, 2.24) is 15.1 Å². The van der Waals surface area contributed by atoms with Crippen LogP contribution in [0, 0.1) is 0 Å². The summed E-state index contributed by atoms with van der Waals surface area (Å²) in [6.45, 7) is 5.09. The Bertz CT molecular complexity index is 793. The first-order valence-electron chi connectivity index (χ1n) is 9.11. The van der Waals surface area contributed by atoms with E-state index in [0.717, 1.165) is 13.1 Å². The molecule has 0 aliphatic carbocycles. The van der Waals surface area contributed by atoms with Gasteiger partial charge in [0, 0.05) is 42.4 Å². The average Bonchev–Trinajstić information content (AvgIpc) is 2.66. The predicted octanol–water partition coefficient (Wildman–Crippen LogP) is 2.84. The van der Waals surface area contributed by atoms with E-state index in [-0.39, 0.29) is 12.6 Å². The highest BCUT2D eigenvalue weighted by Gasteiger charge is 2.38. The van der Waals surface area contributed by atoms with Gasteiger partial charge in [0.15, 0.2) is 0 Å². The summed E-state index contributed by atoms with van der Waals surface area (Å²) < 4.78 is 10.7. The minimum absolute atomic E-state index is 0.228. The van der Waals surface area contributed by atoms with Crippen molar-refractivity contribution in [3.05, 3.63) is 45.1 Å². The number of hydrogen-bond donors (Lipinski definition) is 1. The number of amides is 2. The molecule has 152 valence electrons. The van der Waals surface area contributed by atoms with Gasteiger partial charge in [0.1, 0.15) is 0 Å². The van der Waals surface area contributed by atoms with Gasteiger partial charge in [-0.2, -0.15) is 0 Å². The van der Waals surface area contributed by atoms with Crippen molar-refractivity contribution in [2.45, 2.75) is 13.0 Å². The monoisotopic (exact) mass is 427 g/mol. The second-order valence-corrected chi connectivity index (χ2v) is 7.42. The number of urea groups is 1. The second kappa shape index (κ2) is 9.13. The second-order valence-electron chi connectivity index (χ2n) is 6.58. The molecule has 1 N–H and O–H groups in total. The number of likely N-dealkylation sites (N-methyl/N-ethyl adjacent to an activating group) is 1. The summed E-state index contributed by atoms with van der Waals surface area (Å²) in [5.41, 5.74) is 1.56. The van der Waals surface area contributed by atoms with Gasteiger partial charge in [-0.1, -0.05) is 29.3 Å². The first-order valence-corrected chi connectivity index (χ1v) is 9.87. The Kier molecular flexibility index (Phi) is 6.82. The molecule has 1 aromatic carbocycles. The van der Waals surface area contributed by atoms with E-state index in [0.29, 0.717) is 46.6 Å². The van der Waals surface area contributed by atoms with Gasteiger partial charge < -0.3 is 14.8 Å². The maximum atomic E-state index is 12.9. The maximum absolute atomic E-state index is 12.9. The van der Waals surface area contributed by atoms with E-state index >= 15 is 0 Å². The Hall–Kier alpha value is -1.80. The number of halogens is 2. The fourth-order valence-electron chi connectivity index (χ4n) is 3.34. The zero-order valence-corrected chi connectivity index (χ0v) is 17.3. The van der Waals surface area contributed by atoms with Crippen molar-refractivity contribution < 1.29 is 19.1 Å². The molecule has 1 aromatic rings. The van der Waals surface area contributed by atoms with Gasteiger partial charge in [-0.25, -0.2) is 9.59 Å². The van der Waals surface area contributed by atoms with Crippen LogP contribution in [0.3, 0.4) is 0 Å². The van der Waals surface area contributed by atoms with Crippen LogP contribution in [0.4, 0.5) is 4.79 Å². The smallest absolute Gasteiger partial charge is 0.338 e. The third kappa shape index (κ3) is 4.43. The molecule has 3 rings (SSSR count). The minimum atomic E-state index is -0.719. The lowest BCUT2D eigenvalue weighted by Crippen LogP contribution is -2.50. The average molecular weight is 428 g/mol. The molecule has 1 atom stereocenters. The number of ether oxygens (including phenoxy) is 2. The first-order chi connectivity index (χ1) is 13.4. The summed E-state index contributed by atoms with van der Waals surface area (Å²) in [5, 5.41) is 3.70. The number of rotatable bonds is 5. The standard InChI is InChI=1S/C19H23Cl2N3O4/c1-3-28-18(25)16-15(11-24-6-8-27-9-7-24)23(2)19(26)22-17(16)13-5-4-12(20)10-14(13)21/h4-5,10,17H,3,6-9,11H2,1-2H3,(H,22,26). The topological polar surface area (TPSA) is 71.1 Å². The number of nitrogens with zero attached hydrogens (tertiary/aromatic N) is 2. The molecule has 2 amide bonds. The lowest BCUT2D eigenvalue weighted by molar-refractivity contribution is -0.139. The highest BCUT2D eigenvalue weighted by molar-refractivity contribution is 6.35. The van der Waals surface area contributed by atoms with E-state index in [1.807, 2.05) is 0 Å². The molecule has 0 spiro atoms. The van der Waals surface area contributed by atoms with Gasteiger partial charge in [0.05, 0.1) is 31.4 Å². The molecule has 2 aliphatic heterocycles. The van der Waals surface area contributed by atoms with Crippen LogP contribution in [0.2, 0.25) is 10.0 Å². The third-order valence-corrected chi connectivity index (χ3v) is 5.39. The summed E-state index contributed by atoms with van der Waals surface area (Å²) in [6.07, 6.45) is 0. The number of benzene rings is 1. The van der Waals surface area contributed by atoms with Crippen LogP contribution >= 0.6 is 23.2 Å². The van der Waals surface area contributed by atoms with Gasteiger partial charge in [-0.15, -0.1) is 0 Å². The Labute approximate surface area is 174 Å². The van der Waals surface area contributed by atoms with Crippen molar-refractivity contribution in [3.63, 3.8) is 0 Å². The zero-order valence-electron chi connectivity index (χ0n) is 15.8. The van der Waals surface area contributed by atoms with E-state index in [2.05, 4.69) is 10.2 Å². The molecule has 0 radical (unpaired) electrons. The first kappa shape index (κ1) is 20.9. The van der Waals surface area contributed by atoms with Crippen LogP contribution in [-0.4, -0.2) is 68.3 Å². The van der Waals surface area contributed by atoms with E-state index in [4.69, 9.17) is 32.7 Å². The Balaban J connectivity index is 2.07. The molecular formula is C19H23Cl2N3O4. The minimum Gasteiger partial charge on any atom is -0.463 e. The summed E-state index contributed by atoms with van der Waals surface area (Å²) in [5.74, 6) is -0.478. The molecular weight excluding hydrogens is 405 g/mol. The lowest BCUT2D eigenvalue weighted by atomic mass is 9.94. The SMILES string of the molecule is CCOC(=O)C1=C(CN2CCOCC2)N(C)C(=O)NC1c1ccc(Cl)cc1Cl.